The van der Waals surface area contributed by atoms with Gasteiger partial charge in [-0.25, -0.2) is 4.79 Å². The van der Waals surface area contributed by atoms with Gasteiger partial charge in [0.1, 0.15) is 0 Å². The Morgan fingerprint density at radius 1 is 1.11 bits per heavy atom. The summed E-state index contributed by atoms with van der Waals surface area (Å²) in [5.74, 6) is 0.563. The Morgan fingerprint density at radius 2 is 1.93 bits per heavy atom. The van der Waals surface area contributed by atoms with Crippen molar-refractivity contribution < 1.29 is 4.79 Å². The molecule has 0 bridgehead atoms. The first-order valence-electron chi connectivity index (χ1n) is 9.06. The molecule has 2 N–H and O–H groups in total. The summed E-state index contributed by atoms with van der Waals surface area (Å²) in [5, 5.41) is 10.8. The molecule has 2 aromatic heterocycles. The van der Waals surface area contributed by atoms with Crippen LogP contribution in [0, 0.1) is 0 Å². The molecule has 3 heterocycles. The van der Waals surface area contributed by atoms with Crippen LogP contribution < -0.4 is 10.6 Å². The van der Waals surface area contributed by atoms with Crippen LogP contribution in [0.2, 0.25) is 0 Å². The van der Waals surface area contributed by atoms with E-state index < -0.39 is 0 Å². The molecule has 7 heteroatoms. The Labute approximate surface area is 158 Å². The third-order valence-corrected chi connectivity index (χ3v) is 4.59. The fourth-order valence-electron chi connectivity index (χ4n) is 3.21. The molecule has 0 aliphatic carbocycles. The van der Waals surface area contributed by atoms with Gasteiger partial charge in [-0.05, 0) is 36.2 Å². The molecule has 0 saturated carbocycles. The number of urea groups is 1. The molecule has 1 fully saturated rings. The Kier molecular flexibility index (Phi) is 5.00. The average Bonchev–Trinajstić information content (AvgIpc) is 3.33. The Morgan fingerprint density at radius 3 is 2.74 bits per heavy atom. The fraction of sp³-hybridized carbons (Fsp3) is 0.250. The minimum atomic E-state index is -0.110. The molecule has 1 aromatic carbocycles. The third-order valence-electron chi connectivity index (χ3n) is 4.59. The number of likely N-dealkylation sites (tertiary alicyclic amines) is 1. The highest BCUT2D eigenvalue weighted by molar-refractivity contribution is 5.88. The number of carbonyl (C=O) groups is 1. The van der Waals surface area contributed by atoms with Crippen molar-refractivity contribution in [2.75, 3.05) is 23.7 Å². The fourth-order valence-corrected chi connectivity index (χ4v) is 3.21. The second-order valence-electron chi connectivity index (χ2n) is 6.63. The lowest BCUT2D eigenvalue weighted by atomic mass is 10.2. The second kappa shape index (κ2) is 7.90. The number of benzene rings is 1. The van der Waals surface area contributed by atoms with E-state index >= 15 is 0 Å². The number of anilines is 2. The molecule has 0 radical (unpaired) electrons. The molecule has 1 saturated heterocycles. The van der Waals surface area contributed by atoms with E-state index in [1.54, 1.807) is 17.1 Å². The molecule has 7 nitrogen and oxygen atoms in total. The maximum atomic E-state index is 12.5. The van der Waals surface area contributed by atoms with Gasteiger partial charge >= 0.3 is 6.03 Å². The molecule has 27 heavy (non-hydrogen) atoms. The maximum Gasteiger partial charge on any atom is 0.323 e. The number of para-hydroxylation sites is 1. The molecular weight excluding hydrogens is 340 g/mol. The summed E-state index contributed by atoms with van der Waals surface area (Å²) in [7, 11) is 0. The Bertz CT molecular complexity index is 880. The molecule has 2 amide bonds. The monoisotopic (exact) mass is 362 g/mol. The minimum absolute atomic E-state index is 0.110. The van der Waals surface area contributed by atoms with E-state index in [4.69, 9.17) is 0 Å². The number of hydrogen-bond donors (Lipinski definition) is 2. The van der Waals surface area contributed by atoms with Gasteiger partial charge in [-0.3, -0.25) is 15.0 Å². The second-order valence-corrected chi connectivity index (χ2v) is 6.63. The van der Waals surface area contributed by atoms with Gasteiger partial charge in [-0.1, -0.05) is 18.2 Å². The lowest BCUT2D eigenvalue weighted by molar-refractivity contribution is 0.222. The van der Waals surface area contributed by atoms with Crippen molar-refractivity contribution >= 4 is 17.5 Å². The Hall–Kier alpha value is -3.35. The van der Waals surface area contributed by atoms with Crippen molar-refractivity contribution in [1.29, 1.82) is 0 Å². The smallest absolute Gasteiger partial charge is 0.323 e. The van der Waals surface area contributed by atoms with Crippen LogP contribution in [0.3, 0.4) is 0 Å². The summed E-state index contributed by atoms with van der Waals surface area (Å²) in [6, 6.07) is 15.9. The zero-order valence-electron chi connectivity index (χ0n) is 15.0. The number of carbonyl (C=O) groups excluding carboxylic acids is 1. The van der Waals surface area contributed by atoms with E-state index in [2.05, 4.69) is 20.7 Å². The summed E-state index contributed by atoms with van der Waals surface area (Å²) in [4.78, 5) is 18.3. The zero-order chi connectivity index (χ0) is 18.5. The number of amides is 2. The normalized spacial score (nSPS) is 16.3. The van der Waals surface area contributed by atoms with Crippen molar-refractivity contribution in [3.05, 3.63) is 72.7 Å². The molecule has 1 aliphatic rings. The molecule has 1 aliphatic heterocycles. The van der Waals surface area contributed by atoms with Gasteiger partial charge in [0.25, 0.3) is 0 Å². The van der Waals surface area contributed by atoms with E-state index in [1.807, 2.05) is 59.6 Å². The van der Waals surface area contributed by atoms with Gasteiger partial charge in [0, 0.05) is 49.5 Å². The van der Waals surface area contributed by atoms with Crippen LogP contribution >= 0.6 is 0 Å². The van der Waals surface area contributed by atoms with E-state index in [-0.39, 0.29) is 12.1 Å². The third kappa shape index (κ3) is 4.44. The molecule has 1 atom stereocenters. The first kappa shape index (κ1) is 17.1. The average molecular weight is 362 g/mol. The molecule has 138 valence electrons. The zero-order valence-corrected chi connectivity index (χ0v) is 15.0. The van der Waals surface area contributed by atoms with E-state index in [1.165, 1.54) is 0 Å². The topological polar surface area (TPSA) is 75.1 Å². The Balaban J connectivity index is 1.29. The van der Waals surface area contributed by atoms with E-state index in [0.29, 0.717) is 18.9 Å². The summed E-state index contributed by atoms with van der Waals surface area (Å²) in [6.07, 6.45) is 6.31. The van der Waals surface area contributed by atoms with Crippen molar-refractivity contribution in [3.63, 3.8) is 0 Å². The number of rotatable bonds is 5. The summed E-state index contributed by atoms with van der Waals surface area (Å²) >= 11 is 0. The lowest BCUT2D eigenvalue weighted by Crippen LogP contribution is -2.35. The largest absolute Gasteiger partial charge is 0.380 e. The number of nitrogens with one attached hydrogen (secondary N) is 2. The SMILES string of the molecule is O=C(Nc1ccn(Cc2ccncc2)n1)N1CCC(Nc2ccccc2)C1. The van der Waals surface area contributed by atoms with Gasteiger partial charge in [0.2, 0.25) is 0 Å². The molecular formula is C20H22N6O. The van der Waals surface area contributed by atoms with Crippen LogP contribution in [-0.4, -0.2) is 44.8 Å². The van der Waals surface area contributed by atoms with Gasteiger partial charge < -0.3 is 10.2 Å². The first-order valence-corrected chi connectivity index (χ1v) is 9.06. The molecule has 0 spiro atoms. The van der Waals surface area contributed by atoms with Crippen LogP contribution in [0.5, 0.6) is 0 Å². The maximum absolute atomic E-state index is 12.5. The number of hydrogen-bond acceptors (Lipinski definition) is 4. The predicted octanol–water partition coefficient (Wildman–Crippen LogP) is 3.04. The highest BCUT2D eigenvalue weighted by atomic mass is 16.2. The van der Waals surface area contributed by atoms with Gasteiger partial charge in [0.15, 0.2) is 5.82 Å². The molecule has 4 rings (SSSR count). The standard InChI is InChI=1S/C20H22N6O/c27-20(25-12-8-18(15-25)22-17-4-2-1-3-5-17)23-19-9-13-26(24-19)14-16-6-10-21-11-7-16/h1-7,9-11,13,18,22H,8,12,14-15H2,(H,23,24,27). The van der Waals surface area contributed by atoms with Gasteiger partial charge in [-0.15, -0.1) is 0 Å². The minimum Gasteiger partial charge on any atom is -0.380 e. The number of pyridine rings is 1. The van der Waals surface area contributed by atoms with Crippen LogP contribution in [0.4, 0.5) is 16.3 Å². The van der Waals surface area contributed by atoms with Crippen LogP contribution in [-0.2, 0) is 6.54 Å². The number of nitrogens with zero attached hydrogens (tertiary/aromatic N) is 4. The summed E-state index contributed by atoms with van der Waals surface area (Å²) in [6.45, 7) is 2.05. The van der Waals surface area contributed by atoms with Crippen molar-refractivity contribution in [2.45, 2.75) is 19.0 Å². The first-order chi connectivity index (χ1) is 13.3. The quantitative estimate of drug-likeness (QED) is 0.731. The highest BCUT2D eigenvalue weighted by Gasteiger charge is 2.26. The lowest BCUT2D eigenvalue weighted by Gasteiger charge is -2.17. The van der Waals surface area contributed by atoms with Crippen molar-refractivity contribution in [1.82, 2.24) is 19.7 Å². The van der Waals surface area contributed by atoms with Crippen LogP contribution in [0.15, 0.2) is 67.1 Å². The highest BCUT2D eigenvalue weighted by Crippen LogP contribution is 2.17. The summed E-state index contributed by atoms with van der Waals surface area (Å²) in [5.41, 5.74) is 2.19. The molecule has 1 unspecified atom stereocenters. The van der Waals surface area contributed by atoms with Crippen LogP contribution in [0.1, 0.15) is 12.0 Å². The predicted molar refractivity (Wildman–Crippen MR) is 105 cm³/mol. The van der Waals surface area contributed by atoms with Gasteiger partial charge in [-0.2, -0.15) is 5.10 Å². The van der Waals surface area contributed by atoms with Crippen LogP contribution in [0.25, 0.3) is 0 Å². The summed E-state index contributed by atoms with van der Waals surface area (Å²) < 4.78 is 1.80. The molecule has 3 aromatic rings. The number of aromatic nitrogens is 3. The van der Waals surface area contributed by atoms with Crippen molar-refractivity contribution in [3.8, 4) is 0 Å². The van der Waals surface area contributed by atoms with Gasteiger partial charge in [0.05, 0.1) is 6.54 Å². The van der Waals surface area contributed by atoms with Crippen molar-refractivity contribution in [2.24, 2.45) is 0 Å². The van der Waals surface area contributed by atoms with E-state index in [9.17, 15) is 4.79 Å². The van der Waals surface area contributed by atoms with E-state index in [0.717, 1.165) is 24.2 Å².